The van der Waals surface area contributed by atoms with Gasteiger partial charge in [-0.25, -0.2) is 9.50 Å². The lowest BCUT2D eigenvalue weighted by atomic mass is 10.1. The number of nitrogens with one attached hydrogen (secondary N) is 3. The van der Waals surface area contributed by atoms with Gasteiger partial charge in [0, 0.05) is 30.8 Å². The molecule has 5 rings (SSSR count). The van der Waals surface area contributed by atoms with Gasteiger partial charge in [0.05, 0.1) is 11.9 Å². The number of Topliss-reactive ketones (excluding diaryl/α,β-unsaturated/α-hetero) is 1. The number of aromatic nitrogens is 3. The quantitative estimate of drug-likeness (QED) is 0.331. The molecule has 11 heteroatoms. The third-order valence-electron chi connectivity index (χ3n) is 5.74. The molecule has 0 radical (unpaired) electrons. The summed E-state index contributed by atoms with van der Waals surface area (Å²) in [6.45, 7) is 1.80. The number of nitrogens with zero attached hydrogens (tertiary/aromatic N) is 3. The summed E-state index contributed by atoms with van der Waals surface area (Å²) in [6.07, 6.45) is 1.49. The van der Waals surface area contributed by atoms with E-state index in [0.29, 0.717) is 22.6 Å². The van der Waals surface area contributed by atoms with Crippen LogP contribution < -0.4 is 20.7 Å². The molecule has 37 heavy (non-hydrogen) atoms. The Labute approximate surface area is 210 Å². The second-order valence-corrected chi connectivity index (χ2v) is 8.42. The lowest BCUT2D eigenvalue weighted by Gasteiger charge is -2.18. The molecule has 0 fully saturated rings. The Hall–Kier alpha value is -5.06. The highest BCUT2D eigenvalue weighted by atomic mass is 16.5. The Kier molecular flexibility index (Phi) is 6.33. The summed E-state index contributed by atoms with van der Waals surface area (Å²) in [7, 11) is 0. The van der Waals surface area contributed by atoms with Crippen molar-refractivity contribution in [3.8, 4) is 5.75 Å². The van der Waals surface area contributed by atoms with Crippen LogP contribution >= 0.6 is 0 Å². The van der Waals surface area contributed by atoms with Gasteiger partial charge in [0.2, 0.25) is 0 Å². The second kappa shape index (κ2) is 9.90. The summed E-state index contributed by atoms with van der Waals surface area (Å²) in [5.41, 5.74) is 3.12. The number of ketones is 1. The van der Waals surface area contributed by atoms with Gasteiger partial charge in [-0.1, -0.05) is 24.3 Å². The van der Waals surface area contributed by atoms with Gasteiger partial charge in [0.25, 0.3) is 17.7 Å². The third kappa shape index (κ3) is 5.15. The van der Waals surface area contributed by atoms with Gasteiger partial charge in [-0.2, -0.15) is 5.10 Å². The Morgan fingerprint density at radius 3 is 2.59 bits per heavy atom. The summed E-state index contributed by atoms with van der Waals surface area (Å²) >= 11 is 0. The first-order valence-corrected chi connectivity index (χ1v) is 11.4. The number of hydrogen-bond acceptors (Lipinski definition) is 7. The van der Waals surface area contributed by atoms with Crippen LogP contribution in [0.5, 0.6) is 5.75 Å². The number of fused-ring (bicyclic) bond motifs is 2. The highest BCUT2D eigenvalue weighted by Gasteiger charge is 2.19. The third-order valence-corrected chi connectivity index (χ3v) is 5.74. The van der Waals surface area contributed by atoms with E-state index in [1.165, 1.54) is 23.7 Å². The van der Waals surface area contributed by atoms with Gasteiger partial charge in [-0.05, 0) is 36.2 Å². The molecule has 0 saturated carbocycles. The summed E-state index contributed by atoms with van der Waals surface area (Å²) in [5.74, 6) is -0.686. The highest BCUT2D eigenvalue weighted by Crippen LogP contribution is 2.28. The summed E-state index contributed by atoms with van der Waals surface area (Å²) < 4.78 is 6.70. The lowest BCUT2D eigenvalue weighted by molar-refractivity contribution is -0.118. The molecular weight excluding hydrogens is 476 g/mol. The van der Waals surface area contributed by atoms with Crippen LogP contribution in [0.3, 0.4) is 0 Å². The van der Waals surface area contributed by atoms with Crippen molar-refractivity contribution >= 4 is 34.8 Å². The molecule has 4 aromatic rings. The molecule has 2 aromatic carbocycles. The van der Waals surface area contributed by atoms with E-state index in [4.69, 9.17) is 4.74 Å². The minimum absolute atomic E-state index is 0.0352. The van der Waals surface area contributed by atoms with E-state index in [1.807, 2.05) is 0 Å². The molecule has 0 spiro atoms. The molecule has 1 aliphatic heterocycles. The Balaban J connectivity index is 1.30. The van der Waals surface area contributed by atoms with Crippen molar-refractivity contribution in [2.75, 3.05) is 11.9 Å². The zero-order chi connectivity index (χ0) is 25.9. The average Bonchev–Trinajstić information content (AvgIpc) is 3.38. The molecule has 0 bridgehead atoms. The Morgan fingerprint density at radius 2 is 1.78 bits per heavy atom. The minimum atomic E-state index is -0.482. The maximum absolute atomic E-state index is 13.0. The standard InChI is InChI=1S/C26H22N6O5/c1-15(33)18-4-2-3-16(9-18)12-28-26(36)21-11-20(30-23-7-8-29-32(21)23)25(35)27-13-17-5-6-22-19(10-17)31-24(34)14-37-22/h2-11H,12-14H2,1H3,(H,27,35)(H,28,36)(H,31,34). The number of benzene rings is 2. The summed E-state index contributed by atoms with van der Waals surface area (Å²) in [6, 6.07) is 15.2. The molecule has 1 aliphatic rings. The van der Waals surface area contributed by atoms with Gasteiger partial charge in [0.15, 0.2) is 18.0 Å². The maximum Gasteiger partial charge on any atom is 0.270 e. The van der Waals surface area contributed by atoms with Crippen LogP contribution in [0.25, 0.3) is 5.65 Å². The highest BCUT2D eigenvalue weighted by molar-refractivity contribution is 5.98. The van der Waals surface area contributed by atoms with Crippen LogP contribution in [0.2, 0.25) is 0 Å². The predicted octanol–water partition coefficient (Wildman–Crippen LogP) is 2.12. The smallest absolute Gasteiger partial charge is 0.270 e. The molecule has 0 unspecified atom stereocenters. The fourth-order valence-corrected chi connectivity index (χ4v) is 3.88. The van der Waals surface area contributed by atoms with E-state index in [-0.39, 0.29) is 42.8 Å². The SMILES string of the molecule is CC(=O)c1cccc(CNC(=O)c2cc(C(=O)NCc3ccc4c(c3)NC(=O)CO4)nc3ccnn23)c1. The largest absolute Gasteiger partial charge is 0.482 e. The molecule has 0 saturated heterocycles. The maximum atomic E-state index is 13.0. The molecule has 2 aromatic heterocycles. The molecule has 0 aliphatic carbocycles. The van der Waals surface area contributed by atoms with Crippen LogP contribution in [0.4, 0.5) is 5.69 Å². The first-order chi connectivity index (χ1) is 17.9. The molecule has 11 nitrogen and oxygen atoms in total. The lowest BCUT2D eigenvalue weighted by Crippen LogP contribution is -2.28. The van der Waals surface area contributed by atoms with Crippen LogP contribution in [0.15, 0.2) is 60.8 Å². The molecule has 3 amide bonds. The van der Waals surface area contributed by atoms with Crippen LogP contribution in [-0.4, -0.2) is 44.7 Å². The van der Waals surface area contributed by atoms with Gasteiger partial charge in [-0.15, -0.1) is 0 Å². The monoisotopic (exact) mass is 498 g/mol. The minimum Gasteiger partial charge on any atom is -0.482 e. The van der Waals surface area contributed by atoms with Gasteiger partial charge in [-0.3, -0.25) is 19.2 Å². The van der Waals surface area contributed by atoms with Gasteiger partial charge >= 0.3 is 0 Å². The van der Waals surface area contributed by atoms with Crippen molar-refractivity contribution in [1.29, 1.82) is 0 Å². The topological polar surface area (TPSA) is 144 Å². The number of carbonyl (C=O) groups excluding carboxylic acids is 4. The average molecular weight is 498 g/mol. The number of carbonyl (C=O) groups is 4. The predicted molar refractivity (Wildman–Crippen MR) is 132 cm³/mol. The molecule has 3 heterocycles. The van der Waals surface area contributed by atoms with Crippen molar-refractivity contribution in [2.45, 2.75) is 20.0 Å². The van der Waals surface area contributed by atoms with Crippen molar-refractivity contribution < 1.29 is 23.9 Å². The van der Waals surface area contributed by atoms with E-state index < -0.39 is 11.8 Å². The Morgan fingerprint density at radius 1 is 1.00 bits per heavy atom. The van der Waals surface area contributed by atoms with E-state index >= 15 is 0 Å². The van der Waals surface area contributed by atoms with Crippen molar-refractivity contribution in [3.63, 3.8) is 0 Å². The van der Waals surface area contributed by atoms with E-state index in [2.05, 4.69) is 26.0 Å². The van der Waals surface area contributed by atoms with Crippen LogP contribution in [-0.2, 0) is 17.9 Å². The normalized spacial score (nSPS) is 12.3. The van der Waals surface area contributed by atoms with E-state index in [1.54, 1.807) is 48.5 Å². The Bertz CT molecular complexity index is 1560. The first-order valence-electron chi connectivity index (χ1n) is 11.4. The van der Waals surface area contributed by atoms with Crippen LogP contribution in [0.1, 0.15) is 49.4 Å². The zero-order valence-electron chi connectivity index (χ0n) is 19.8. The molecule has 3 N–H and O–H groups in total. The molecule has 186 valence electrons. The number of amides is 3. The summed E-state index contributed by atoms with van der Waals surface area (Å²) in [5, 5.41) is 12.5. The van der Waals surface area contributed by atoms with Gasteiger partial charge < -0.3 is 20.7 Å². The first kappa shape index (κ1) is 23.7. The number of hydrogen-bond donors (Lipinski definition) is 3. The zero-order valence-corrected chi connectivity index (χ0v) is 19.8. The fourth-order valence-electron chi connectivity index (χ4n) is 3.88. The van der Waals surface area contributed by atoms with Crippen molar-refractivity contribution in [3.05, 3.63) is 88.9 Å². The summed E-state index contributed by atoms with van der Waals surface area (Å²) in [4.78, 5) is 53.4. The van der Waals surface area contributed by atoms with Crippen molar-refractivity contribution in [2.24, 2.45) is 0 Å². The molecular formula is C26H22N6O5. The number of rotatable bonds is 7. The fraction of sp³-hybridized carbons (Fsp3) is 0.154. The van der Waals surface area contributed by atoms with Crippen LogP contribution in [0, 0.1) is 0 Å². The van der Waals surface area contributed by atoms with E-state index in [0.717, 1.165) is 11.1 Å². The number of anilines is 1. The molecule has 0 atom stereocenters. The van der Waals surface area contributed by atoms with Crippen molar-refractivity contribution in [1.82, 2.24) is 25.2 Å². The number of ether oxygens (including phenoxy) is 1. The van der Waals surface area contributed by atoms with Gasteiger partial charge in [0.1, 0.15) is 17.1 Å². The van der Waals surface area contributed by atoms with E-state index in [9.17, 15) is 19.2 Å². The second-order valence-electron chi connectivity index (χ2n) is 8.42.